The Kier molecular flexibility index (Phi) is 6.54. The molecule has 1 heterocycles. The summed E-state index contributed by atoms with van der Waals surface area (Å²) in [6, 6.07) is 10.4. The Hall–Kier alpha value is -2.45. The molecule has 8 heteroatoms. The van der Waals surface area contributed by atoms with E-state index < -0.39 is 21.8 Å². The number of carbonyl (C=O) groups excluding carboxylic acids is 1. The van der Waals surface area contributed by atoms with E-state index in [1.165, 1.54) is 28.6 Å². The van der Waals surface area contributed by atoms with E-state index in [4.69, 9.17) is 4.74 Å². The summed E-state index contributed by atoms with van der Waals surface area (Å²) in [5.41, 5.74) is 1.10. The van der Waals surface area contributed by atoms with Gasteiger partial charge in [-0.3, -0.25) is 4.79 Å². The third kappa shape index (κ3) is 4.94. The minimum Gasteiger partial charge on any atom is -0.494 e. The van der Waals surface area contributed by atoms with Gasteiger partial charge in [0.15, 0.2) is 0 Å². The Morgan fingerprint density at radius 3 is 2.76 bits per heavy atom. The van der Waals surface area contributed by atoms with E-state index in [9.17, 15) is 17.6 Å². The summed E-state index contributed by atoms with van der Waals surface area (Å²) in [7, 11) is -3.72. The highest BCUT2D eigenvalue weighted by Gasteiger charge is 2.33. The fourth-order valence-corrected chi connectivity index (χ4v) is 5.04. The van der Waals surface area contributed by atoms with Gasteiger partial charge in [-0.1, -0.05) is 6.07 Å². The van der Waals surface area contributed by atoms with E-state index in [0.717, 1.165) is 5.56 Å². The molecule has 3 rings (SSSR count). The fourth-order valence-electron chi connectivity index (χ4n) is 3.43. The molecule has 0 spiro atoms. The van der Waals surface area contributed by atoms with E-state index in [-0.39, 0.29) is 17.3 Å². The summed E-state index contributed by atoms with van der Waals surface area (Å²) in [5.74, 6) is -0.595. The van der Waals surface area contributed by atoms with Crippen LogP contribution in [0.5, 0.6) is 5.75 Å². The number of rotatable bonds is 6. The van der Waals surface area contributed by atoms with Crippen molar-refractivity contribution in [1.29, 1.82) is 0 Å². The van der Waals surface area contributed by atoms with Crippen LogP contribution < -0.4 is 10.1 Å². The molecule has 1 fully saturated rings. The molecule has 0 saturated carbocycles. The maximum atomic E-state index is 13.3. The van der Waals surface area contributed by atoms with Crippen molar-refractivity contribution in [2.45, 2.75) is 31.6 Å². The van der Waals surface area contributed by atoms with Crippen LogP contribution in [0, 0.1) is 18.7 Å². The Morgan fingerprint density at radius 2 is 2.07 bits per heavy atom. The lowest BCUT2D eigenvalue weighted by atomic mass is 9.99. The monoisotopic (exact) mass is 420 g/mol. The van der Waals surface area contributed by atoms with Gasteiger partial charge in [0, 0.05) is 18.8 Å². The van der Waals surface area contributed by atoms with Crippen LogP contribution >= 0.6 is 0 Å². The molecule has 0 aromatic heterocycles. The number of nitrogens with zero attached hydrogens (tertiary/aromatic N) is 1. The number of hydrogen-bond acceptors (Lipinski definition) is 4. The molecule has 1 saturated heterocycles. The zero-order valence-corrected chi connectivity index (χ0v) is 17.3. The van der Waals surface area contributed by atoms with Gasteiger partial charge in [-0.25, -0.2) is 12.8 Å². The number of aryl methyl sites for hydroxylation is 1. The standard InChI is InChI=1S/C21H25FN2O4S/c1-3-28-20-10-9-19(12-15(20)2)29(26,27)24-11-5-6-16(14-24)21(25)23-18-8-4-7-17(22)13-18/h4,7-10,12-13,16H,3,5-6,11,14H2,1-2H3,(H,23,25)/t16-/m0/s1. The van der Waals surface area contributed by atoms with Crippen molar-refractivity contribution in [3.8, 4) is 5.75 Å². The molecule has 0 radical (unpaired) electrons. The van der Waals surface area contributed by atoms with Crippen molar-refractivity contribution < 1.29 is 22.3 Å². The van der Waals surface area contributed by atoms with Crippen molar-refractivity contribution in [2.24, 2.45) is 5.92 Å². The van der Waals surface area contributed by atoms with Crippen molar-refractivity contribution in [3.63, 3.8) is 0 Å². The Balaban J connectivity index is 1.73. The number of ether oxygens (including phenoxy) is 1. The number of benzene rings is 2. The van der Waals surface area contributed by atoms with Crippen molar-refractivity contribution in [3.05, 3.63) is 53.8 Å². The lowest BCUT2D eigenvalue weighted by Crippen LogP contribution is -2.43. The molecule has 1 aliphatic heterocycles. The predicted octanol–water partition coefficient (Wildman–Crippen LogP) is 3.57. The molecule has 29 heavy (non-hydrogen) atoms. The second-order valence-corrected chi connectivity index (χ2v) is 9.00. The highest BCUT2D eigenvalue weighted by atomic mass is 32.2. The maximum absolute atomic E-state index is 13.3. The number of halogens is 1. The van der Waals surface area contributed by atoms with Crippen LogP contribution in [0.4, 0.5) is 10.1 Å². The first-order valence-electron chi connectivity index (χ1n) is 9.61. The molecule has 6 nitrogen and oxygen atoms in total. The lowest BCUT2D eigenvalue weighted by molar-refractivity contribution is -0.120. The summed E-state index contributed by atoms with van der Waals surface area (Å²) >= 11 is 0. The summed E-state index contributed by atoms with van der Waals surface area (Å²) in [6.07, 6.45) is 1.16. The molecule has 0 aliphatic carbocycles. The molecule has 0 bridgehead atoms. The molecule has 2 aromatic rings. The first kappa shape index (κ1) is 21.3. The number of piperidine rings is 1. The van der Waals surface area contributed by atoms with Gasteiger partial charge in [-0.05, 0) is 68.7 Å². The number of amides is 1. The quantitative estimate of drug-likeness (QED) is 0.775. The zero-order chi connectivity index (χ0) is 21.0. The van der Waals surface area contributed by atoms with Crippen LogP contribution in [-0.2, 0) is 14.8 Å². The first-order chi connectivity index (χ1) is 13.8. The van der Waals surface area contributed by atoms with Gasteiger partial charge in [0.1, 0.15) is 11.6 Å². The van der Waals surface area contributed by atoms with E-state index >= 15 is 0 Å². The normalized spacial score (nSPS) is 17.7. The SMILES string of the molecule is CCOc1ccc(S(=O)(=O)N2CCC[C@H](C(=O)Nc3cccc(F)c3)C2)cc1C. The van der Waals surface area contributed by atoms with Crippen LogP contribution in [0.1, 0.15) is 25.3 Å². The predicted molar refractivity (Wildman–Crippen MR) is 109 cm³/mol. The minimum absolute atomic E-state index is 0.0930. The van der Waals surface area contributed by atoms with Crippen LogP contribution in [-0.4, -0.2) is 38.3 Å². The number of sulfonamides is 1. The second kappa shape index (κ2) is 8.92. The van der Waals surface area contributed by atoms with E-state index in [0.29, 0.717) is 37.4 Å². The van der Waals surface area contributed by atoms with Crippen LogP contribution in [0.2, 0.25) is 0 Å². The maximum Gasteiger partial charge on any atom is 0.243 e. The van der Waals surface area contributed by atoms with Gasteiger partial charge in [0.2, 0.25) is 15.9 Å². The van der Waals surface area contributed by atoms with Gasteiger partial charge in [-0.2, -0.15) is 4.31 Å². The Labute approximate surface area is 170 Å². The largest absolute Gasteiger partial charge is 0.494 e. The second-order valence-electron chi connectivity index (χ2n) is 7.06. The number of hydrogen-bond donors (Lipinski definition) is 1. The number of carbonyl (C=O) groups is 1. The van der Waals surface area contributed by atoms with Crippen LogP contribution in [0.3, 0.4) is 0 Å². The summed E-state index contributed by atoms with van der Waals surface area (Å²) in [4.78, 5) is 12.8. The number of nitrogens with one attached hydrogen (secondary N) is 1. The third-order valence-electron chi connectivity index (χ3n) is 4.93. The minimum atomic E-state index is -3.72. The average molecular weight is 421 g/mol. The van der Waals surface area contributed by atoms with Gasteiger partial charge < -0.3 is 10.1 Å². The van der Waals surface area contributed by atoms with Gasteiger partial charge in [0.05, 0.1) is 17.4 Å². The Bertz CT molecular complexity index is 994. The molecular formula is C21H25FN2O4S. The Morgan fingerprint density at radius 1 is 1.28 bits per heavy atom. The van der Waals surface area contributed by atoms with Gasteiger partial charge in [-0.15, -0.1) is 0 Å². The summed E-state index contributed by atoms with van der Waals surface area (Å²) < 4.78 is 46.3. The smallest absolute Gasteiger partial charge is 0.243 e. The third-order valence-corrected chi connectivity index (χ3v) is 6.79. The molecule has 1 atom stereocenters. The lowest BCUT2D eigenvalue weighted by Gasteiger charge is -2.31. The molecular weight excluding hydrogens is 395 g/mol. The molecule has 0 unspecified atom stereocenters. The zero-order valence-electron chi connectivity index (χ0n) is 16.5. The van der Waals surface area contributed by atoms with Crippen LogP contribution in [0.25, 0.3) is 0 Å². The highest BCUT2D eigenvalue weighted by molar-refractivity contribution is 7.89. The van der Waals surface area contributed by atoms with E-state index in [1.54, 1.807) is 25.1 Å². The highest BCUT2D eigenvalue weighted by Crippen LogP contribution is 2.28. The fraction of sp³-hybridized carbons (Fsp3) is 0.381. The molecule has 2 aromatic carbocycles. The van der Waals surface area contributed by atoms with E-state index in [2.05, 4.69) is 5.32 Å². The van der Waals surface area contributed by atoms with Gasteiger partial charge in [0.25, 0.3) is 0 Å². The van der Waals surface area contributed by atoms with Crippen LogP contribution in [0.15, 0.2) is 47.4 Å². The average Bonchev–Trinajstić information content (AvgIpc) is 2.69. The topological polar surface area (TPSA) is 75.7 Å². The van der Waals surface area contributed by atoms with Crippen molar-refractivity contribution in [1.82, 2.24) is 4.31 Å². The van der Waals surface area contributed by atoms with E-state index in [1.807, 2.05) is 6.92 Å². The molecule has 1 amide bonds. The van der Waals surface area contributed by atoms with Gasteiger partial charge >= 0.3 is 0 Å². The molecule has 156 valence electrons. The first-order valence-corrected chi connectivity index (χ1v) is 11.1. The summed E-state index contributed by atoms with van der Waals surface area (Å²) in [5, 5.41) is 2.68. The molecule has 1 aliphatic rings. The van der Waals surface area contributed by atoms with Crippen molar-refractivity contribution in [2.75, 3.05) is 25.0 Å². The summed E-state index contributed by atoms with van der Waals surface area (Å²) in [6.45, 7) is 4.62. The number of anilines is 1. The molecule has 1 N–H and O–H groups in total. The van der Waals surface area contributed by atoms with Crippen molar-refractivity contribution >= 4 is 21.6 Å².